The molecule has 1 amide bonds. The van der Waals surface area contributed by atoms with Crippen molar-refractivity contribution in [3.8, 4) is 11.5 Å². The molecule has 0 spiro atoms. The molecule has 2 fully saturated rings. The predicted octanol–water partition coefficient (Wildman–Crippen LogP) is 5.22. The minimum atomic E-state index is -0.825. The van der Waals surface area contributed by atoms with E-state index >= 15 is 0 Å². The first-order valence-corrected chi connectivity index (χ1v) is 14.0. The van der Waals surface area contributed by atoms with Crippen LogP contribution in [0.4, 0.5) is 0 Å². The molecule has 0 radical (unpaired) electrons. The van der Waals surface area contributed by atoms with Gasteiger partial charge in [-0.25, -0.2) is 0 Å². The molecule has 2 aliphatic rings. The maximum atomic E-state index is 13.3. The zero-order valence-electron chi connectivity index (χ0n) is 23.3. The van der Waals surface area contributed by atoms with Gasteiger partial charge in [-0.3, -0.25) is 14.5 Å². The van der Waals surface area contributed by atoms with Gasteiger partial charge in [0.2, 0.25) is 0 Å². The smallest absolute Gasteiger partial charge is 0.308 e. The number of methoxy groups -OCH3 is 2. The molecule has 0 bridgehead atoms. The van der Waals surface area contributed by atoms with Gasteiger partial charge in [-0.1, -0.05) is 36.4 Å². The molecule has 2 heterocycles. The van der Waals surface area contributed by atoms with E-state index in [-0.39, 0.29) is 17.9 Å². The average molecular weight is 543 g/mol. The number of carboxylic acids is 1. The molecule has 40 heavy (non-hydrogen) atoms. The van der Waals surface area contributed by atoms with Crippen molar-refractivity contribution in [3.05, 3.63) is 95.1 Å². The highest BCUT2D eigenvalue weighted by Gasteiger charge is 2.39. The molecule has 7 nitrogen and oxygen atoms in total. The van der Waals surface area contributed by atoms with E-state index in [2.05, 4.69) is 35.2 Å². The fourth-order valence-corrected chi connectivity index (χ4v) is 6.34. The summed E-state index contributed by atoms with van der Waals surface area (Å²) < 4.78 is 10.9. The fourth-order valence-electron chi connectivity index (χ4n) is 6.34. The van der Waals surface area contributed by atoms with Gasteiger partial charge in [-0.15, -0.1) is 0 Å². The summed E-state index contributed by atoms with van der Waals surface area (Å²) in [7, 11) is 3.37. The maximum absolute atomic E-state index is 13.3. The molecule has 3 aromatic rings. The van der Waals surface area contributed by atoms with E-state index in [1.54, 1.807) is 19.1 Å². The van der Waals surface area contributed by atoms with Gasteiger partial charge in [0.25, 0.3) is 5.91 Å². The number of rotatable bonds is 8. The van der Waals surface area contributed by atoms with Gasteiger partial charge in [0.15, 0.2) is 0 Å². The largest absolute Gasteiger partial charge is 0.497 e. The monoisotopic (exact) mass is 542 g/mol. The second-order valence-electron chi connectivity index (χ2n) is 11.0. The van der Waals surface area contributed by atoms with Crippen LogP contribution in [-0.4, -0.2) is 67.2 Å². The summed E-state index contributed by atoms with van der Waals surface area (Å²) in [6.45, 7) is 3.42. The van der Waals surface area contributed by atoms with Gasteiger partial charge in [0.1, 0.15) is 11.5 Å². The number of carbonyl (C=O) groups is 2. The molecular weight excluding hydrogens is 504 g/mol. The number of ether oxygens (including phenoxy) is 2. The summed E-state index contributed by atoms with van der Waals surface area (Å²) in [6.07, 6.45) is 3.41. The summed E-state index contributed by atoms with van der Waals surface area (Å²) >= 11 is 0. The number of piperidine rings is 2. The lowest BCUT2D eigenvalue weighted by molar-refractivity contribution is -0.143. The number of hydrogen-bond acceptors (Lipinski definition) is 5. The summed E-state index contributed by atoms with van der Waals surface area (Å²) in [6, 6.07) is 24.7. The molecule has 1 unspecified atom stereocenters. The van der Waals surface area contributed by atoms with E-state index in [1.807, 2.05) is 42.5 Å². The second-order valence-corrected chi connectivity index (χ2v) is 11.0. The Labute approximate surface area is 236 Å². The lowest BCUT2D eigenvalue weighted by atomic mass is 9.69. The van der Waals surface area contributed by atoms with E-state index < -0.39 is 11.9 Å². The Morgan fingerprint density at radius 2 is 1.55 bits per heavy atom. The van der Waals surface area contributed by atoms with Crippen molar-refractivity contribution in [2.75, 3.05) is 40.4 Å². The number of likely N-dealkylation sites (tertiary alicyclic amines) is 2. The number of hydrogen-bond donors (Lipinski definition) is 1. The molecule has 2 aliphatic heterocycles. The van der Waals surface area contributed by atoms with Crippen LogP contribution in [0, 0.1) is 5.92 Å². The first-order chi connectivity index (χ1) is 19.4. The van der Waals surface area contributed by atoms with Crippen molar-refractivity contribution in [2.24, 2.45) is 5.92 Å². The highest BCUT2D eigenvalue weighted by atomic mass is 16.5. The maximum Gasteiger partial charge on any atom is 0.308 e. The third-order valence-corrected chi connectivity index (χ3v) is 8.49. The van der Waals surface area contributed by atoms with Crippen molar-refractivity contribution in [1.82, 2.24) is 9.80 Å². The number of carboxylic acid groups (broad SMARTS) is 1. The van der Waals surface area contributed by atoms with Crippen LogP contribution in [0.5, 0.6) is 11.5 Å². The molecule has 1 N–H and O–H groups in total. The molecular formula is C33H38N2O5. The fraction of sp³-hybridized carbons (Fsp3) is 0.394. The van der Waals surface area contributed by atoms with E-state index in [9.17, 15) is 14.7 Å². The molecule has 2 saturated heterocycles. The van der Waals surface area contributed by atoms with Crippen molar-refractivity contribution < 1.29 is 24.2 Å². The first-order valence-electron chi connectivity index (χ1n) is 14.0. The van der Waals surface area contributed by atoms with Gasteiger partial charge in [-0.05, 0) is 85.3 Å². The van der Waals surface area contributed by atoms with Gasteiger partial charge in [0.05, 0.1) is 20.1 Å². The first kappa shape index (κ1) is 27.7. The Hall–Kier alpha value is -3.84. The molecule has 0 aromatic heterocycles. The Balaban J connectivity index is 1.38. The van der Waals surface area contributed by atoms with E-state index in [0.717, 1.165) is 56.0 Å². The van der Waals surface area contributed by atoms with Crippen LogP contribution in [0.15, 0.2) is 72.8 Å². The van der Waals surface area contributed by atoms with Crippen LogP contribution >= 0.6 is 0 Å². The summed E-state index contributed by atoms with van der Waals surface area (Å²) in [5, 5.41) is 9.44. The predicted molar refractivity (Wildman–Crippen MR) is 154 cm³/mol. The zero-order chi connectivity index (χ0) is 28.1. The Morgan fingerprint density at radius 1 is 0.900 bits per heavy atom. The van der Waals surface area contributed by atoms with Crippen LogP contribution < -0.4 is 9.47 Å². The third-order valence-electron chi connectivity index (χ3n) is 8.49. The molecule has 210 valence electrons. The molecule has 7 heteroatoms. The van der Waals surface area contributed by atoms with Gasteiger partial charge in [-0.2, -0.15) is 0 Å². The summed E-state index contributed by atoms with van der Waals surface area (Å²) in [5.74, 6) is 0.279. The van der Waals surface area contributed by atoms with Crippen molar-refractivity contribution in [1.29, 1.82) is 0 Å². The molecule has 0 saturated carbocycles. The highest BCUT2D eigenvalue weighted by Crippen LogP contribution is 2.42. The number of carbonyl (C=O) groups excluding carboxylic acids is 1. The van der Waals surface area contributed by atoms with E-state index in [4.69, 9.17) is 9.47 Å². The minimum Gasteiger partial charge on any atom is -0.497 e. The minimum absolute atomic E-state index is 0.0859. The topological polar surface area (TPSA) is 79.3 Å². The molecule has 5 rings (SSSR count). The number of benzene rings is 3. The zero-order valence-corrected chi connectivity index (χ0v) is 23.3. The summed E-state index contributed by atoms with van der Waals surface area (Å²) in [5.41, 5.74) is 4.02. The van der Waals surface area contributed by atoms with Gasteiger partial charge >= 0.3 is 5.97 Å². The Kier molecular flexibility index (Phi) is 8.40. The van der Waals surface area contributed by atoms with Crippen molar-refractivity contribution >= 4 is 11.9 Å². The lowest BCUT2D eigenvalue weighted by Gasteiger charge is -2.44. The number of amides is 1. The molecule has 1 atom stereocenters. The highest BCUT2D eigenvalue weighted by molar-refractivity contribution is 5.94. The standard InChI is InChI=1S/C33H38N2O5/c1-39-29-13-9-27(10-14-29)33(28-11-15-30(40-2)16-12-28)17-5-18-34(23-33)21-24-6-3-7-25(20-24)31(36)35-19-4-8-26(22-35)32(37)38/h3,6-7,9-16,20,26H,4-5,8,17-19,21-23H2,1-2H3,(H,37,38). The van der Waals surface area contributed by atoms with Crippen molar-refractivity contribution in [2.45, 2.75) is 37.6 Å². The van der Waals surface area contributed by atoms with Gasteiger partial charge in [0, 0.05) is 37.2 Å². The lowest BCUT2D eigenvalue weighted by Crippen LogP contribution is -2.46. The Morgan fingerprint density at radius 3 is 2.15 bits per heavy atom. The van der Waals surface area contributed by atoms with Crippen LogP contribution in [-0.2, 0) is 16.8 Å². The van der Waals surface area contributed by atoms with E-state index in [1.165, 1.54) is 11.1 Å². The van der Waals surface area contributed by atoms with E-state index in [0.29, 0.717) is 18.5 Å². The third kappa shape index (κ3) is 5.85. The molecule has 0 aliphatic carbocycles. The quantitative estimate of drug-likeness (QED) is 0.420. The van der Waals surface area contributed by atoms with Crippen LogP contribution in [0.3, 0.4) is 0 Å². The number of nitrogens with zero attached hydrogens (tertiary/aromatic N) is 2. The van der Waals surface area contributed by atoms with Crippen molar-refractivity contribution in [3.63, 3.8) is 0 Å². The SMILES string of the molecule is COc1ccc(C2(c3ccc(OC)cc3)CCCN(Cc3cccc(C(=O)N4CCCC(C(=O)O)C4)c3)C2)cc1. The average Bonchev–Trinajstić information content (AvgIpc) is 3.01. The summed E-state index contributed by atoms with van der Waals surface area (Å²) in [4.78, 5) is 29.0. The number of aliphatic carboxylic acids is 1. The molecule has 3 aromatic carbocycles. The second kappa shape index (κ2) is 12.1. The van der Waals surface area contributed by atoms with Crippen LogP contribution in [0.25, 0.3) is 0 Å². The normalized spacial score (nSPS) is 19.1. The Bertz CT molecular complexity index is 1270. The van der Waals surface area contributed by atoms with Gasteiger partial charge < -0.3 is 19.5 Å². The van der Waals surface area contributed by atoms with Crippen LogP contribution in [0.1, 0.15) is 52.7 Å². The van der Waals surface area contributed by atoms with Crippen LogP contribution in [0.2, 0.25) is 0 Å².